The largest absolute Gasteiger partial charge is 0.334 e. The van der Waals surface area contributed by atoms with E-state index in [-0.39, 0.29) is 34.9 Å². The summed E-state index contributed by atoms with van der Waals surface area (Å²) in [5.41, 5.74) is 6.04. The maximum absolute atomic E-state index is 13.7. The number of halogens is 2. The Morgan fingerprint density at radius 2 is 1.82 bits per heavy atom. The third-order valence-corrected chi connectivity index (χ3v) is 6.07. The third kappa shape index (κ3) is 4.81. The summed E-state index contributed by atoms with van der Waals surface area (Å²) in [6, 6.07) is 11.2. The van der Waals surface area contributed by atoms with Crippen molar-refractivity contribution in [2.75, 3.05) is 17.8 Å². The Bertz CT molecular complexity index is 922. The first kappa shape index (κ1) is 22.1. The van der Waals surface area contributed by atoms with Gasteiger partial charge in [0.15, 0.2) is 0 Å². The van der Waals surface area contributed by atoms with Gasteiger partial charge in [-0.15, -0.1) is 12.4 Å². The second-order valence-corrected chi connectivity index (χ2v) is 8.18. The predicted octanol–water partition coefficient (Wildman–Crippen LogP) is 3.00. The van der Waals surface area contributed by atoms with E-state index in [1.807, 2.05) is 0 Å². The quantitative estimate of drug-likeness (QED) is 0.767. The number of hydrogen-bond donors (Lipinski definition) is 2. The standard InChI is InChI=1S/C19H22FN3O3S.ClH/c20-17-6-1-2-7-18(17)22-27(25,26)16-10-8-14(9-11-16)19(24)23-12-4-3-5-15(23)13-21;/h1-2,6-11,15,22H,3-5,12-13,21H2;1H. The van der Waals surface area contributed by atoms with Gasteiger partial charge in [-0.05, 0) is 55.7 Å². The van der Waals surface area contributed by atoms with Gasteiger partial charge in [0.25, 0.3) is 15.9 Å². The van der Waals surface area contributed by atoms with Crippen LogP contribution in [0.2, 0.25) is 0 Å². The number of amides is 1. The number of para-hydroxylation sites is 1. The Balaban J connectivity index is 0.00000280. The van der Waals surface area contributed by atoms with Crippen LogP contribution in [-0.2, 0) is 10.0 Å². The topological polar surface area (TPSA) is 92.5 Å². The van der Waals surface area contributed by atoms with Crippen LogP contribution in [0.4, 0.5) is 10.1 Å². The molecule has 0 aromatic heterocycles. The average molecular weight is 428 g/mol. The van der Waals surface area contributed by atoms with Gasteiger partial charge < -0.3 is 10.6 Å². The summed E-state index contributed by atoms with van der Waals surface area (Å²) in [4.78, 5) is 14.4. The van der Waals surface area contributed by atoms with Gasteiger partial charge in [0.2, 0.25) is 0 Å². The molecule has 0 bridgehead atoms. The van der Waals surface area contributed by atoms with Gasteiger partial charge in [0, 0.05) is 24.7 Å². The molecule has 1 aliphatic heterocycles. The third-order valence-electron chi connectivity index (χ3n) is 4.69. The van der Waals surface area contributed by atoms with Crippen molar-refractivity contribution in [3.05, 3.63) is 59.9 Å². The zero-order chi connectivity index (χ0) is 19.4. The van der Waals surface area contributed by atoms with E-state index in [1.54, 1.807) is 4.90 Å². The van der Waals surface area contributed by atoms with Gasteiger partial charge in [-0.2, -0.15) is 0 Å². The molecule has 3 rings (SSSR count). The Morgan fingerprint density at radius 1 is 1.14 bits per heavy atom. The van der Waals surface area contributed by atoms with Gasteiger partial charge >= 0.3 is 0 Å². The molecule has 28 heavy (non-hydrogen) atoms. The summed E-state index contributed by atoms with van der Waals surface area (Å²) in [6.45, 7) is 1.06. The maximum atomic E-state index is 13.7. The summed E-state index contributed by atoms with van der Waals surface area (Å²) in [6.07, 6.45) is 2.85. The Morgan fingerprint density at radius 3 is 2.46 bits per heavy atom. The molecule has 1 unspecified atom stereocenters. The summed E-state index contributed by atoms with van der Waals surface area (Å²) in [7, 11) is -3.95. The Hall–Kier alpha value is -2.16. The number of nitrogens with one attached hydrogen (secondary N) is 1. The number of piperidine rings is 1. The van der Waals surface area contributed by atoms with E-state index in [0.717, 1.165) is 19.3 Å². The molecule has 0 radical (unpaired) electrons. The van der Waals surface area contributed by atoms with Crippen LogP contribution in [0.1, 0.15) is 29.6 Å². The highest BCUT2D eigenvalue weighted by Crippen LogP contribution is 2.22. The summed E-state index contributed by atoms with van der Waals surface area (Å²) >= 11 is 0. The number of sulfonamides is 1. The van der Waals surface area contributed by atoms with Crippen LogP contribution in [0.3, 0.4) is 0 Å². The lowest BCUT2D eigenvalue weighted by Gasteiger charge is -2.35. The first-order valence-electron chi connectivity index (χ1n) is 8.81. The van der Waals surface area contributed by atoms with Crippen LogP contribution in [0.5, 0.6) is 0 Å². The lowest BCUT2D eigenvalue weighted by Crippen LogP contribution is -2.47. The van der Waals surface area contributed by atoms with Gasteiger partial charge in [0.1, 0.15) is 5.82 Å². The highest BCUT2D eigenvalue weighted by Gasteiger charge is 2.26. The predicted molar refractivity (Wildman–Crippen MR) is 109 cm³/mol. The van der Waals surface area contributed by atoms with Crippen molar-refractivity contribution in [1.29, 1.82) is 0 Å². The fourth-order valence-electron chi connectivity index (χ4n) is 3.20. The molecule has 1 fully saturated rings. The molecule has 9 heteroatoms. The van der Waals surface area contributed by atoms with E-state index < -0.39 is 15.8 Å². The number of benzene rings is 2. The SMILES string of the molecule is Cl.NCC1CCCCN1C(=O)c1ccc(S(=O)(=O)Nc2ccccc2F)cc1. The molecule has 152 valence electrons. The van der Waals surface area contributed by atoms with E-state index >= 15 is 0 Å². The number of anilines is 1. The first-order valence-corrected chi connectivity index (χ1v) is 10.3. The fraction of sp³-hybridized carbons (Fsp3) is 0.316. The number of likely N-dealkylation sites (tertiary alicyclic amines) is 1. The van der Waals surface area contributed by atoms with Crippen LogP contribution in [0.25, 0.3) is 0 Å². The number of nitrogens with two attached hydrogens (primary N) is 1. The van der Waals surface area contributed by atoms with Crippen molar-refractivity contribution in [1.82, 2.24) is 4.90 Å². The minimum Gasteiger partial charge on any atom is -0.334 e. The van der Waals surface area contributed by atoms with Crippen molar-refractivity contribution in [2.45, 2.75) is 30.2 Å². The molecule has 1 saturated heterocycles. The lowest BCUT2D eigenvalue weighted by molar-refractivity contribution is 0.0623. The normalized spacial score (nSPS) is 16.9. The summed E-state index contributed by atoms with van der Waals surface area (Å²) < 4.78 is 40.8. The van der Waals surface area contributed by atoms with E-state index in [9.17, 15) is 17.6 Å². The monoisotopic (exact) mass is 427 g/mol. The van der Waals surface area contributed by atoms with E-state index in [2.05, 4.69) is 4.72 Å². The maximum Gasteiger partial charge on any atom is 0.261 e. The highest BCUT2D eigenvalue weighted by molar-refractivity contribution is 7.92. The number of rotatable bonds is 5. The second-order valence-electron chi connectivity index (χ2n) is 6.49. The molecule has 1 heterocycles. The molecule has 0 spiro atoms. The van der Waals surface area contributed by atoms with Crippen molar-refractivity contribution in [3.8, 4) is 0 Å². The van der Waals surface area contributed by atoms with Gasteiger partial charge in [-0.3, -0.25) is 9.52 Å². The molecule has 2 aromatic rings. The minimum atomic E-state index is -3.95. The molecule has 6 nitrogen and oxygen atoms in total. The average Bonchev–Trinajstić information content (AvgIpc) is 2.69. The van der Waals surface area contributed by atoms with Crippen molar-refractivity contribution >= 4 is 34.0 Å². The number of nitrogens with zero attached hydrogens (tertiary/aromatic N) is 1. The van der Waals surface area contributed by atoms with E-state index in [0.29, 0.717) is 18.7 Å². The Labute approximate surface area is 170 Å². The van der Waals surface area contributed by atoms with Crippen molar-refractivity contribution in [2.24, 2.45) is 5.73 Å². The molecular weight excluding hydrogens is 405 g/mol. The number of hydrogen-bond acceptors (Lipinski definition) is 4. The lowest BCUT2D eigenvalue weighted by atomic mass is 10.0. The summed E-state index contributed by atoms with van der Waals surface area (Å²) in [5.74, 6) is -0.818. The van der Waals surface area contributed by atoms with Crippen LogP contribution < -0.4 is 10.5 Å². The molecule has 1 amide bonds. The smallest absolute Gasteiger partial charge is 0.261 e. The van der Waals surface area contributed by atoms with Crippen molar-refractivity contribution in [3.63, 3.8) is 0 Å². The zero-order valence-corrected chi connectivity index (χ0v) is 16.8. The van der Waals surface area contributed by atoms with Crippen LogP contribution in [0.15, 0.2) is 53.4 Å². The van der Waals surface area contributed by atoms with Crippen LogP contribution in [-0.4, -0.2) is 38.4 Å². The number of carbonyl (C=O) groups excluding carboxylic acids is 1. The van der Waals surface area contributed by atoms with Gasteiger partial charge in [-0.25, -0.2) is 12.8 Å². The van der Waals surface area contributed by atoms with Crippen LogP contribution >= 0.6 is 12.4 Å². The first-order chi connectivity index (χ1) is 12.9. The van der Waals surface area contributed by atoms with Crippen molar-refractivity contribution < 1.29 is 17.6 Å². The summed E-state index contributed by atoms with van der Waals surface area (Å²) in [5, 5.41) is 0. The van der Waals surface area contributed by atoms with E-state index in [1.165, 1.54) is 48.5 Å². The zero-order valence-electron chi connectivity index (χ0n) is 15.2. The second kappa shape index (κ2) is 9.36. The molecule has 2 aromatic carbocycles. The van der Waals surface area contributed by atoms with Gasteiger partial charge in [-0.1, -0.05) is 12.1 Å². The van der Waals surface area contributed by atoms with E-state index in [4.69, 9.17) is 5.73 Å². The molecular formula is C19H23ClFN3O3S. The molecule has 1 atom stereocenters. The van der Waals surface area contributed by atoms with Gasteiger partial charge in [0.05, 0.1) is 10.6 Å². The molecule has 1 aliphatic rings. The molecule has 0 aliphatic carbocycles. The number of carbonyl (C=O) groups is 1. The Kier molecular flexibility index (Phi) is 7.40. The minimum absolute atomic E-state index is 0. The molecule has 0 saturated carbocycles. The molecule has 3 N–H and O–H groups in total. The fourth-order valence-corrected chi connectivity index (χ4v) is 4.27. The highest BCUT2D eigenvalue weighted by atomic mass is 35.5. The van der Waals surface area contributed by atoms with Crippen LogP contribution in [0, 0.1) is 5.82 Å².